The minimum absolute atomic E-state index is 0.177. The SMILES string of the molecule is CC(=O)Nc1cc2c(cn1)c(N1CC3CC(C1)O3)nn2-c1cccc(C(C)(F)F)n1. The topological polar surface area (TPSA) is 85.2 Å². The standard InChI is InChI=1S/C20H20F2N6O2/c1-11(29)24-17-7-15-14(8-23-17)19(27-9-12-6-13(10-27)30-12)26-28(15)18-5-3-4-16(25-18)20(2,21)22/h3-5,7-8,12-13H,6,9-10H2,1-2H3,(H,23,24,29). The molecule has 3 aliphatic heterocycles. The third-order valence-electron chi connectivity index (χ3n) is 5.31. The fraction of sp³-hybridized carbons (Fsp3) is 0.400. The Bertz CT molecular complexity index is 1130. The fourth-order valence-corrected chi connectivity index (χ4v) is 3.97. The molecule has 6 rings (SSSR count). The van der Waals surface area contributed by atoms with Gasteiger partial charge in [-0.2, -0.15) is 8.78 Å². The Hall–Kier alpha value is -3.14. The van der Waals surface area contributed by atoms with E-state index in [1.165, 1.54) is 23.7 Å². The molecule has 0 saturated carbocycles. The summed E-state index contributed by atoms with van der Waals surface area (Å²) in [6.07, 6.45) is 3.03. The third kappa shape index (κ3) is 3.26. The van der Waals surface area contributed by atoms with Crippen LogP contribution in [0.2, 0.25) is 0 Å². The molecule has 6 heterocycles. The van der Waals surface area contributed by atoms with Gasteiger partial charge in [0.05, 0.1) is 23.1 Å². The van der Waals surface area contributed by atoms with Gasteiger partial charge in [0.25, 0.3) is 5.92 Å². The molecule has 2 bridgehead atoms. The zero-order valence-electron chi connectivity index (χ0n) is 16.5. The van der Waals surface area contributed by atoms with Crippen molar-refractivity contribution in [2.45, 2.75) is 38.4 Å². The van der Waals surface area contributed by atoms with Gasteiger partial charge in [-0.15, -0.1) is 5.10 Å². The lowest BCUT2D eigenvalue weighted by Crippen LogP contribution is -2.57. The first-order valence-corrected chi connectivity index (χ1v) is 9.70. The van der Waals surface area contributed by atoms with Crippen LogP contribution >= 0.6 is 0 Å². The highest BCUT2D eigenvalue weighted by Gasteiger charge is 2.39. The van der Waals surface area contributed by atoms with Gasteiger partial charge < -0.3 is 15.0 Å². The van der Waals surface area contributed by atoms with E-state index >= 15 is 0 Å². The second-order valence-corrected chi connectivity index (χ2v) is 7.79. The molecule has 3 aromatic heterocycles. The molecule has 0 spiro atoms. The number of anilines is 2. The number of ether oxygens (including phenoxy) is 1. The minimum Gasteiger partial charge on any atom is -0.371 e. The Morgan fingerprint density at radius 2 is 2.03 bits per heavy atom. The number of fused-ring (bicyclic) bond motifs is 3. The summed E-state index contributed by atoms with van der Waals surface area (Å²) in [5, 5.41) is 8.11. The van der Waals surface area contributed by atoms with Crippen molar-refractivity contribution in [3.05, 3.63) is 36.2 Å². The highest BCUT2D eigenvalue weighted by atomic mass is 19.3. The number of carbonyl (C=O) groups is 1. The van der Waals surface area contributed by atoms with Gasteiger partial charge in [-0.3, -0.25) is 4.79 Å². The Balaban J connectivity index is 1.65. The number of halogens is 2. The lowest BCUT2D eigenvalue weighted by molar-refractivity contribution is -0.133. The van der Waals surface area contributed by atoms with Crippen molar-refractivity contribution >= 4 is 28.4 Å². The molecule has 0 radical (unpaired) electrons. The number of amides is 1. The molecule has 1 N–H and O–H groups in total. The number of aromatic nitrogens is 4. The summed E-state index contributed by atoms with van der Waals surface area (Å²) in [7, 11) is 0. The molecule has 2 unspecified atom stereocenters. The molecular weight excluding hydrogens is 394 g/mol. The summed E-state index contributed by atoms with van der Waals surface area (Å²) in [5.74, 6) is -2.02. The van der Waals surface area contributed by atoms with Crippen LogP contribution in [0.25, 0.3) is 16.7 Å². The lowest BCUT2D eigenvalue weighted by Gasteiger charge is -2.47. The van der Waals surface area contributed by atoms with Crippen LogP contribution in [0.3, 0.4) is 0 Å². The molecule has 2 atom stereocenters. The van der Waals surface area contributed by atoms with Crippen LogP contribution in [0, 0.1) is 0 Å². The quantitative estimate of drug-likeness (QED) is 0.707. The Kier molecular flexibility index (Phi) is 4.21. The molecule has 1 amide bonds. The van der Waals surface area contributed by atoms with Gasteiger partial charge >= 0.3 is 0 Å². The van der Waals surface area contributed by atoms with E-state index in [0.717, 1.165) is 18.7 Å². The van der Waals surface area contributed by atoms with Crippen molar-refractivity contribution in [2.24, 2.45) is 0 Å². The number of piperidine rings is 1. The van der Waals surface area contributed by atoms with Crippen molar-refractivity contribution in [1.29, 1.82) is 0 Å². The average molecular weight is 414 g/mol. The molecule has 8 nitrogen and oxygen atoms in total. The van der Waals surface area contributed by atoms with E-state index in [1.807, 2.05) is 0 Å². The van der Waals surface area contributed by atoms with E-state index < -0.39 is 5.92 Å². The monoisotopic (exact) mass is 414 g/mol. The Morgan fingerprint density at radius 3 is 2.70 bits per heavy atom. The summed E-state index contributed by atoms with van der Waals surface area (Å²) in [4.78, 5) is 22.0. The summed E-state index contributed by atoms with van der Waals surface area (Å²) in [6, 6.07) is 6.12. The zero-order chi connectivity index (χ0) is 21.0. The molecule has 3 aliphatic rings. The first-order chi connectivity index (χ1) is 14.3. The molecule has 3 fully saturated rings. The van der Waals surface area contributed by atoms with Crippen LogP contribution in [0.5, 0.6) is 0 Å². The van der Waals surface area contributed by atoms with Crippen LogP contribution in [0.15, 0.2) is 30.5 Å². The second kappa shape index (κ2) is 6.69. The van der Waals surface area contributed by atoms with Gasteiger partial charge in [0.15, 0.2) is 11.6 Å². The first kappa shape index (κ1) is 18.9. The average Bonchev–Trinajstić information content (AvgIpc) is 3.05. The number of hydrogen-bond donors (Lipinski definition) is 1. The van der Waals surface area contributed by atoms with Gasteiger partial charge in [0.2, 0.25) is 5.91 Å². The molecule has 156 valence electrons. The van der Waals surface area contributed by atoms with Crippen molar-refractivity contribution < 1.29 is 18.3 Å². The second-order valence-electron chi connectivity index (χ2n) is 7.79. The molecule has 30 heavy (non-hydrogen) atoms. The van der Waals surface area contributed by atoms with Crippen LogP contribution < -0.4 is 10.2 Å². The fourth-order valence-electron chi connectivity index (χ4n) is 3.97. The van der Waals surface area contributed by atoms with Crippen molar-refractivity contribution in [3.8, 4) is 5.82 Å². The number of hydrogen-bond acceptors (Lipinski definition) is 6. The highest BCUT2D eigenvalue weighted by molar-refractivity contribution is 5.95. The largest absolute Gasteiger partial charge is 0.371 e. The van der Waals surface area contributed by atoms with Crippen molar-refractivity contribution in [2.75, 3.05) is 23.3 Å². The number of alkyl halides is 2. The Morgan fingerprint density at radius 1 is 1.30 bits per heavy atom. The van der Waals surface area contributed by atoms with Gasteiger partial charge in [0.1, 0.15) is 11.5 Å². The number of pyridine rings is 2. The predicted molar refractivity (Wildman–Crippen MR) is 106 cm³/mol. The van der Waals surface area contributed by atoms with E-state index in [-0.39, 0.29) is 29.6 Å². The number of rotatable bonds is 4. The van der Waals surface area contributed by atoms with Crippen LogP contribution in [-0.2, 0) is 15.5 Å². The maximum atomic E-state index is 13.8. The zero-order valence-corrected chi connectivity index (χ0v) is 16.5. The van der Waals surface area contributed by atoms with E-state index in [4.69, 9.17) is 9.84 Å². The minimum atomic E-state index is -3.07. The summed E-state index contributed by atoms with van der Waals surface area (Å²) < 4.78 is 34.9. The maximum absolute atomic E-state index is 13.8. The van der Waals surface area contributed by atoms with E-state index in [2.05, 4.69) is 20.2 Å². The summed E-state index contributed by atoms with van der Waals surface area (Å²) >= 11 is 0. The molecule has 3 saturated heterocycles. The van der Waals surface area contributed by atoms with Gasteiger partial charge in [0, 0.05) is 45.6 Å². The molecule has 3 aromatic rings. The molecule has 0 aliphatic carbocycles. The smallest absolute Gasteiger partial charge is 0.287 e. The number of morpholine rings is 1. The van der Waals surface area contributed by atoms with Crippen LogP contribution in [-0.4, -0.2) is 51.0 Å². The molecular formula is C20H20F2N6O2. The predicted octanol–water partition coefficient (Wildman–Crippen LogP) is 2.86. The number of carbonyl (C=O) groups excluding carboxylic acids is 1. The van der Waals surface area contributed by atoms with E-state index in [0.29, 0.717) is 30.2 Å². The molecule has 0 aromatic carbocycles. The summed E-state index contributed by atoms with van der Waals surface area (Å²) in [5.41, 5.74) is 0.280. The Labute approximate surface area is 170 Å². The number of nitrogens with one attached hydrogen (secondary N) is 1. The van der Waals surface area contributed by atoms with Crippen LogP contribution in [0.1, 0.15) is 26.0 Å². The van der Waals surface area contributed by atoms with Crippen LogP contribution in [0.4, 0.5) is 20.4 Å². The van der Waals surface area contributed by atoms with Crippen molar-refractivity contribution in [3.63, 3.8) is 0 Å². The van der Waals surface area contributed by atoms with E-state index in [9.17, 15) is 13.6 Å². The summed E-state index contributed by atoms with van der Waals surface area (Å²) in [6.45, 7) is 3.61. The van der Waals surface area contributed by atoms with Gasteiger partial charge in [-0.1, -0.05) is 6.07 Å². The highest BCUT2D eigenvalue weighted by Crippen LogP contribution is 2.35. The third-order valence-corrected chi connectivity index (χ3v) is 5.31. The first-order valence-electron chi connectivity index (χ1n) is 9.70. The maximum Gasteiger partial charge on any atom is 0.287 e. The van der Waals surface area contributed by atoms with E-state index in [1.54, 1.807) is 18.3 Å². The number of nitrogens with zero attached hydrogens (tertiary/aromatic N) is 5. The van der Waals surface area contributed by atoms with Crippen molar-refractivity contribution in [1.82, 2.24) is 19.7 Å². The van der Waals surface area contributed by atoms with Gasteiger partial charge in [-0.05, 0) is 12.1 Å². The lowest BCUT2D eigenvalue weighted by atomic mass is 9.99. The normalized spacial score (nSPS) is 20.9. The van der Waals surface area contributed by atoms with Gasteiger partial charge in [-0.25, -0.2) is 14.6 Å². The molecule has 10 heteroatoms.